The Morgan fingerprint density at radius 1 is 1.53 bits per heavy atom. The minimum absolute atomic E-state index is 0.0824. The molecule has 0 bridgehead atoms. The third-order valence-corrected chi connectivity index (χ3v) is 3.87. The van der Waals surface area contributed by atoms with E-state index in [9.17, 15) is 9.18 Å². The second-order valence-corrected chi connectivity index (χ2v) is 5.89. The van der Waals surface area contributed by atoms with E-state index in [2.05, 4.69) is 21.2 Å². The predicted octanol–water partition coefficient (Wildman–Crippen LogP) is 2.66. The molecule has 0 saturated carbocycles. The summed E-state index contributed by atoms with van der Waals surface area (Å²) in [6.45, 7) is 2.41. The van der Waals surface area contributed by atoms with E-state index in [1.165, 1.54) is 12.1 Å². The Bertz CT molecular complexity index is 445. The lowest BCUT2D eigenvalue weighted by Gasteiger charge is -2.32. The maximum absolute atomic E-state index is 13.3. The largest absolute Gasteiger partial charge is 0.338 e. The van der Waals surface area contributed by atoms with Crippen LogP contribution in [0.3, 0.4) is 0 Å². The number of likely N-dealkylation sites (tertiary alicyclic amines) is 1. The Morgan fingerprint density at radius 2 is 2.32 bits per heavy atom. The maximum atomic E-state index is 13.3. The van der Waals surface area contributed by atoms with E-state index in [4.69, 9.17) is 0 Å². The molecular formula is C14H18BrFN2O. The van der Waals surface area contributed by atoms with Gasteiger partial charge in [0.05, 0.1) is 0 Å². The van der Waals surface area contributed by atoms with Crippen molar-refractivity contribution >= 4 is 21.8 Å². The van der Waals surface area contributed by atoms with Crippen molar-refractivity contribution in [3.8, 4) is 0 Å². The SMILES string of the molecule is CNC[C@H]1CCCN(C(=O)c2cc(F)cc(Br)c2)C1. The second-order valence-electron chi connectivity index (χ2n) is 4.98. The summed E-state index contributed by atoms with van der Waals surface area (Å²) < 4.78 is 13.9. The molecule has 0 radical (unpaired) electrons. The Morgan fingerprint density at radius 3 is 3.00 bits per heavy atom. The smallest absolute Gasteiger partial charge is 0.254 e. The first kappa shape index (κ1) is 14.5. The number of hydrogen-bond acceptors (Lipinski definition) is 2. The molecule has 1 heterocycles. The minimum Gasteiger partial charge on any atom is -0.338 e. The van der Waals surface area contributed by atoms with Crippen molar-refractivity contribution in [1.29, 1.82) is 0 Å². The van der Waals surface area contributed by atoms with Crippen LogP contribution >= 0.6 is 15.9 Å². The molecule has 0 spiro atoms. The number of nitrogens with one attached hydrogen (secondary N) is 1. The first-order valence-corrected chi connectivity index (χ1v) is 7.29. The molecule has 0 aromatic heterocycles. The van der Waals surface area contributed by atoms with Crippen LogP contribution in [0.1, 0.15) is 23.2 Å². The van der Waals surface area contributed by atoms with Crippen molar-refractivity contribution in [2.24, 2.45) is 5.92 Å². The topological polar surface area (TPSA) is 32.3 Å². The van der Waals surface area contributed by atoms with E-state index in [1.54, 1.807) is 6.07 Å². The molecule has 19 heavy (non-hydrogen) atoms. The summed E-state index contributed by atoms with van der Waals surface area (Å²) in [7, 11) is 1.92. The lowest BCUT2D eigenvalue weighted by Crippen LogP contribution is -2.42. The summed E-state index contributed by atoms with van der Waals surface area (Å²) in [5.74, 6) is 0.0159. The third-order valence-electron chi connectivity index (χ3n) is 3.41. The van der Waals surface area contributed by atoms with Gasteiger partial charge in [-0.05, 0) is 50.6 Å². The molecule has 1 amide bonds. The number of nitrogens with zero attached hydrogens (tertiary/aromatic N) is 1. The molecule has 1 fully saturated rings. The van der Waals surface area contributed by atoms with Crippen molar-refractivity contribution in [2.75, 3.05) is 26.7 Å². The number of benzene rings is 1. The van der Waals surface area contributed by atoms with Crippen LogP contribution < -0.4 is 5.32 Å². The summed E-state index contributed by atoms with van der Waals surface area (Å²) >= 11 is 3.22. The van der Waals surface area contributed by atoms with Gasteiger partial charge in [-0.2, -0.15) is 0 Å². The second kappa shape index (κ2) is 6.48. The molecule has 1 aliphatic heterocycles. The average Bonchev–Trinajstić information content (AvgIpc) is 2.37. The summed E-state index contributed by atoms with van der Waals surface area (Å²) in [4.78, 5) is 14.2. The summed E-state index contributed by atoms with van der Waals surface area (Å²) in [5.41, 5.74) is 0.414. The summed E-state index contributed by atoms with van der Waals surface area (Å²) in [6, 6.07) is 4.33. The molecule has 2 rings (SSSR count). The Hall–Kier alpha value is -0.940. The first-order chi connectivity index (χ1) is 9.10. The van der Waals surface area contributed by atoms with Crippen LogP contribution in [0, 0.1) is 11.7 Å². The Balaban J connectivity index is 2.10. The number of carbonyl (C=O) groups excluding carboxylic acids is 1. The third kappa shape index (κ3) is 3.76. The van der Waals surface area contributed by atoms with Gasteiger partial charge in [0.1, 0.15) is 5.82 Å². The lowest BCUT2D eigenvalue weighted by molar-refractivity contribution is 0.0673. The quantitative estimate of drug-likeness (QED) is 0.925. The molecule has 1 N–H and O–H groups in total. The van der Waals surface area contributed by atoms with E-state index in [0.717, 1.165) is 32.5 Å². The number of rotatable bonds is 3. The van der Waals surface area contributed by atoms with Gasteiger partial charge in [-0.25, -0.2) is 4.39 Å². The number of amides is 1. The van der Waals surface area contributed by atoms with Gasteiger partial charge in [0.2, 0.25) is 0 Å². The van der Waals surface area contributed by atoms with E-state index in [1.807, 2.05) is 11.9 Å². The highest BCUT2D eigenvalue weighted by Gasteiger charge is 2.24. The van der Waals surface area contributed by atoms with Crippen molar-refractivity contribution in [1.82, 2.24) is 10.2 Å². The monoisotopic (exact) mass is 328 g/mol. The highest BCUT2D eigenvalue weighted by atomic mass is 79.9. The average molecular weight is 329 g/mol. The standard InChI is InChI=1S/C14H18BrFN2O/c1-17-8-10-3-2-4-18(9-10)14(19)11-5-12(15)7-13(16)6-11/h5-7,10,17H,2-4,8-9H2,1H3/t10-/m1/s1. The van der Waals surface area contributed by atoms with Crippen molar-refractivity contribution in [3.63, 3.8) is 0 Å². The van der Waals surface area contributed by atoms with Crippen LogP contribution in [-0.4, -0.2) is 37.5 Å². The van der Waals surface area contributed by atoms with E-state index >= 15 is 0 Å². The van der Waals surface area contributed by atoms with Gasteiger partial charge in [-0.15, -0.1) is 0 Å². The van der Waals surface area contributed by atoms with Crippen LogP contribution in [0.2, 0.25) is 0 Å². The van der Waals surface area contributed by atoms with E-state index in [0.29, 0.717) is 16.0 Å². The highest BCUT2D eigenvalue weighted by molar-refractivity contribution is 9.10. The molecule has 5 heteroatoms. The molecule has 0 aliphatic carbocycles. The van der Waals surface area contributed by atoms with Crippen LogP contribution in [-0.2, 0) is 0 Å². The van der Waals surface area contributed by atoms with Gasteiger partial charge in [0.15, 0.2) is 0 Å². The number of halogens is 2. The molecular weight excluding hydrogens is 311 g/mol. The fourth-order valence-electron chi connectivity index (χ4n) is 2.56. The summed E-state index contributed by atoms with van der Waals surface area (Å²) in [6.07, 6.45) is 2.14. The fourth-order valence-corrected chi connectivity index (χ4v) is 3.03. The zero-order valence-corrected chi connectivity index (χ0v) is 12.5. The van der Waals surface area contributed by atoms with Crippen LogP contribution in [0.5, 0.6) is 0 Å². The Labute approximate surface area is 121 Å². The zero-order valence-electron chi connectivity index (χ0n) is 11.0. The highest BCUT2D eigenvalue weighted by Crippen LogP contribution is 2.20. The van der Waals surface area contributed by atoms with Gasteiger partial charge in [-0.1, -0.05) is 15.9 Å². The van der Waals surface area contributed by atoms with E-state index < -0.39 is 0 Å². The van der Waals surface area contributed by atoms with Gasteiger partial charge >= 0.3 is 0 Å². The molecule has 1 aromatic rings. The number of hydrogen-bond donors (Lipinski definition) is 1. The molecule has 1 aromatic carbocycles. The van der Waals surface area contributed by atoms with Crippen LogP contribution in [0.4, 0.5) is 4.39 Å². The number of piperidine rings is 1. The molecule has 1 saturated heterocycles. The first-order valence-electron chi connectivity index (χ1n) is 6.50. The van der Waals surface area contributed by atoms with Crippen molar-refractivity contribution < 1.29 is 9.18 Å². The van der Waals surface area contributed by atoms with Gasteiger partial charge in [-0.3, -0.25) is 4.79 Å². The van der Waals surface area contributed by atoms with Gasteiger partial charge in [0.25, 0.3) is 5.91 Å². The Kier molecular flexibility index (Phi) is 4.93. The normalized spacial score (nSPS) is 19.5. The van der Waals surface area contributed by atoms with E-state index in [-0.39, 0.29) is 11.7 Å². The van der Waals surface area contributed by atoms with Crippen molar-refractivity contribution in [3.05, 3.63) is 34.1 Å². The van der Waals surface area contributed by atoms with Gasteiger partial charge in [0, 0.05) is 23.1 Å². The van der Waals surface area contributed by atoms with Gasteiger partial charge < -0.3 is 10.2 Å². The van der Waals surface area contributed by atoms with Crippen LogP contribution in [0.25, 0.3) is 0 Å². The summed E-state index contributed by atoms with van der Waals surface area (Å²) in [5, 5.41) is 3.15. The predicted molar refractivity (Wildman–Crippen MR) is 76.7 cm³/mol. The van der Waals surface area contributed by atoms with Crippen LogP contribution in [0.15, 0.2) is 22.7 Å². The van der Waals surface area contributed by atoms with Crippen molar-refractivity contribution in [2.45, 2.75) is 12.8 Å². The number of carbonyl (C=O) groups is 1. The molecule has 3 nitrogen and oxygen atoms in total. The molecule has 0 unspecified atom stereocenters. The zero-order chi connectivity index (χ0) is 13.8. The fraction of sp³-hybridized carbons (Fsp3) is 0.500. The molecule has 104 valence electrons. The molecule has 1 aliphatic rings. The minimum atomic E-state index is -0.387. The molecule has 1 atom stereocenters. The maximum Gasteiger partial charge on any atom is 0.254 e. The lowest BCUT2D eigenvalue weighted by atomic mass is 9.97.